The smallest absolute Gasteiger partial charge is 0.224 e. The lowest BCUT2D eigenvalue weighted by Gasteiger charge is -2.30. The lowest BCUT2D eigenvalue weighted by Crippen LogP contribution is -2.35. The average Bonchev–Trinajstić information content (AvgIpc) is 2.74. The number of nitrogens with zero attached hydrogens (tertiary/aromatic N) is 6. The van der Waals surface area contributed by atoms with E-state index in [-0.39, 0.29) is 17.1 Å². The predicted octanol–water partition coefficient (Wildman–Crippen LogP) is 3.36. The molecule has 1 N–H and O–H groups in total. The summed E-state index contributed by atoms with van der Waals surface area (Å²) in [5, 5.41) is 2.95. The first-order chi connectivity index (χ1) is 13.9. The number of benzene rings is 1. The number of rotatable bonds is 4. The van der Waals surface area contributed by atoms with Crippen molar-refractivity contribution in [3.05, 3.63) is 52.9 Å². The van der Waals surface area contributed by atoms with E-state index < -0.39 is 11.6 Å². The molecule has 0 spiro atoms. The molecule has 150 valence electrons. The number of fused-ring (bicyclic) bond motifs is 1. The Bertz CT molecular complexity index is 1040. The van der Waals surface area contributed by atoms with E-state index in [4.69, 9.17) is 11.6 Å². The molecule has 0 amide bonds. The summed E-state index contributed by atoms with van der Waals surface area (Å²) in [4.78, 5) is 21.3. The Balaban J connectivity index is 1.68. The van der Waals surface area contributed by atoms with Gasteiger partial charge < -0.3 is 15.1 Å². The van der Waals surface area contributed by atoms with Crippen molar-refractivity contribution in [3.8, 4) is 11.3 Å². The van der Waals surface area contributed by atoms with Crippen LogP contribution in [0.15, 0.2) is 30.7 Å². The third-order valence-corrected chi connectivity index (χ3v) is 4.96. The van der Waals surface area contributed by atoms with Crippen molar-refractivity contribution in [2.45, 2.75) is 6.54 Å². The number of halogens is 3. The van der Waals surface area contributed by atoms with Crippen LogP contribution in [0.4, 0.5) is 26.4 Å². The second-order valence-electron chi connectivity index (χ2n) is 6.76. The predicted molar refractivity (Wildman–Crippen MR) is 108 cm³/mol. The minimum atomic E-state index is -0.656. The summed E-state index contributed by atoms with van der Waals surface area (Å²) >= 11 is 6.00. The Morgan fingerprint density at radius 1 is 1.10 bits per heavy atom. The molecule has 0 unspecified atom stereocenters. The highest BCUT2D eigenvalue weighted by Gasteiger charge is 2.23. The molecule has 29 heavy (non-hydrogen) atoms. The van der Waals surface area contributed by atoms with Crippen LogP contribution in [-0.2, 0) is 6.54 Å². The first-order valence-electron chi connectivity index (χ1n) is 8.92. The lowest BCUT2D eigenvalue weighted by molar-refractivity contribution is 0.580. The summed E-state index contributed by atoms with van der Waals surface area (Å²) < 4.78 is 28.1. The number of anilines is 3. The summed E-state index contributed by atoms with van der Waals surface area (Å²) in [7, 11) is 3.71. The zero-order chi connectivity index (χ0) is 20.5. The van der Waals surface area contributed by atoms with Crippen LogP contribution in [0.25, 0.3) is 11.3 Å². The summed E-state index contributed by atoms with van der Waals surface area (Å²) in [6.45, 7) is 1.20. The zero-order valence-electron chi connectivity index (χ0n) is 15.8. The van der Waals surface area contributed by atoms with Crippen molar-refractivity contribution < 1.29 is 8.78 Å². The average molecular weight is 418 g/mol. The van der Waals surface area contributed by atoms with E-state index in [0.29, 0.717) is 41.9 Å². The lowest BCUT2D eigenvalue weighted by atomic mass is 10.1. The van der Waals surface area contributed by atoms with E-state index in [1.54, 1.807) is 23.5 Å². The SMILES string of the molecule is CN(C)c1ncc(-c2cnc3c(n2)N(Cc2c(F)ccc(F)c2Cl)CCN3)cn1. The van der Waals surface area contributed by atoms with Crippen molar-refractivity contribution in [1.29, 1.82) is 0 Å². The van der Waals surface area contributed by atoms with Crippen LogP contribution in [0.2, 0.25) is 5.02 Å². The largest absolute Gasteiger partial charge is 0.365 e. The molecule has 1 aliphatic heterocycles. The van der Waals surface area contributed by atoms with E-state index in [0.717, 1.165) is 12.1 Å². The standard InChI is InChI=1S/C19H18ClF2N7/c1-28(2)19-25-7-11(8-26-19)15-9-24-17-18(27-15)29(6-5-23-17)10-12-13(21)3-4-14(22)16(12)20/h3-4,7-9H,5-6,10H2,1-2H3,(H,23,24). The van der Waals surface area contributed by atoms with E-state index in [9.17, 15) is 8.78 Å². The van der Waals surface area contributed by atoms with Gasteiger partial charge in [-0.25, -0.2) is 28.7 Å². The highest BCUT2D eigenvalue weighted by Crippen LogP contribution is 2.31. The van der Waals surface area contributed by atoms with Gasteiger partial charge in [0.15, 0.2) is 11.6 Å². The Morgan fingerprint density at radius 2 is 1.83 bits per heavy atom. The quantitative estimate of drug-likeness (QED) is 0.652. The van der Waals surface area contributed by atoms with Gasteiger partial charge in [-0.2, -0.15) is 0 Å². The fourth-order valence-electron chi connectivity index (χ4n) is 3.02. The van der Waals surface area contributed by atoms with Crippen molar-refractivity contribution in [1.82, 2.24) is 19.9 Å². The number of hydrogen-bond donors (Lipinski definition) is 1. The summed E-state index contributed by atoms with van der Waals surface area (Å²) in [6.07, 6.45) is 4.96. The minimum Gasteiger partial charge on any atom is -0.365 e. The molecule has 0 radical (unpaired) electrons. The number of nitrogens with one attached hydrogen (secondary N) is 1. The number of hydrogen-bond acceptors (Lipinski definition) is 7. The minimum absolute atomic E-state index is 0.0747. The summed E-state index contributed by atoms with van der Waals surface area (Å²) in [5.74, 6) is 0.466. The molecule has 0 aliphatic carbocycles. The second kappa shape index (κ2) is 7.75. The second-order valence-corrected chi connectivity index (χ2v) is 7.14. The van der Waals surface area contributed by atoms with Crippen molar-refractivity contribution in [3.63, 3.8) is 0 Å². The van der Waals surface area contributed by atoms with Gasteiger partial charge in [-0.05, 0) is 12.1 Å². The van der Waals surface area contributed by atoms with Crippen LogP contribution in [-0.4, -0.2) is 47.1 Å². The molecule has 0 bridgehead atoms. The fourth-order valence-corrected chi connectivity index (χ4v) is 3.24. The highest BCUT2D eigenvalue weighted by molar-refractivity contribution is 6.31. The number of aromatic nitrogens is 4. The molecule has 7 nitrogen and oxygen atoms in total. The van der Waals surface area contributed by atoms with Crippen LogP contribution >= 0.6 is 11.6 Å². The molecular formula is C19H18ClF2N7. The van der Waals surface area contributed by atoms with Crippen molar-refractivity contribution in [2.24, 2.45) is 0 Å². The van der Waals surface area contributed by atoms with Gasteiger partial charge in [0.1, 0.15) is 11.6 Å². The third-order valence-electron chi connectivity index (χ3n) is 4.55. The normalized spacial score (nSPS) is 13.1. The van der Waals surface area contributed by atoms with Gasteiger partial charge in [0.2, 0.25) is 5.95 Å². The maximum Gasteiger partial charge on any atom is 0.224 e. The molecule has 3 heterocycles. The Kier molecular flexibility index (Phi) is 5.14. The van der Waals surface area contributed by atoms with Gasteiger partial charge in [0.25, 0.3) is 0 Å². The Hall–Kier alpha value is -3.07. The molecule has 1 aliphatic rings. The topological polar surface area (TPSA) is 70.1 Å². The molecule has 0 saturated carbocycles. The first-order valence-corrected chi connectivity index (χ1v) is 9.30. The zero-order valence-corrected chi connectivity index (χ0v) is 16.6. The van der Waals surface area contributed by atoms with Crippen LogP contribution in [0, 0.1) is 11.6 Å². The van der Waals surface area contributed by atoms with Crippen LogP contribution in [0.1, 0.15) is 5.56 Å². The van der Waals surface area contributed by atoms with Crippen LogP contribution in [0.5, 0.6) is 0 Å². The fraction of sp³-hybridized carbons (Fsp3) is 0.263. The summed E-state index contributed by atoms with van der Waals surface area (Å²) in [6, 6.07) is 2.09. The molecule has 2 aromatic heterocycles. The van der Waals surface area contributed by atoms with Crippen molar-refractivity contribution >= 4 is 29.2 Å². The Morgan fingerprint density at radius 3 is 2.55 bits per heavy atom. The molecule has 0 fully saturated rings. The van der Waals surface area contributed by atoms with Crippen molar-refractivity contribution in [2.75, 3.05) is 42.3 Å². The van der Waals surface area contributed by atoms with Gasteiger partial charge in [-0.1, -0.05) is 11.6 Å². The van der Waals surface area contributed by atoms with Crippen LogP contribution < -0.4 is 15.1 Å². The third kappa shape index (κ3) is 3.77. The maximum absolute atomic E-state index is 14.3. The molecule has 0 saturated heterocycles. The van der Waals surface area contributed by atoms with E-state index in [1.807, 2.05) is 19.0 Å². The van der Waals surface area contributed by atoms with Gasteiger partial charge in [0, 0.05) is 57.3 Å². The highest BCUT2D eigenvalue weighted by atomic mass is 35.5. The monoisotopic (exact) mass is 417 g/mol. The van der Waals surface area contributed by atoms with Gasteiger partial charge in [0.05, 0.1) is 16.9 Å². The van der Waals surface area contributed by atoms with E-state index >= 15 is 0 Å². The Labute approximate surface area is 171 Å². The van der Waals surface area contributed by atoms with Gasteiger partial charge >= 0.3 is 0 Å². The van der Waals surface area contributed by atoms with E-state index in [1.165, 1.54) is 0 Å². The van der Waals surface area contributed by atoms with Crippen LogP contribution in [0.3, 0.4) is 0 Å². The first kappa shape index (κ1) is 19.3. The maximum atomic E-state index is 14.3. The van der Waals surface area contributed by atoms with E-state index in [2.05, 4.69) is 25.3 Å². The molecule has 1 aromatic carbocycles. The molecule has 10 heteroatoms. The molecular weight excluding hydrogens is 400 g/mol. The van der Waals surface area contributed by atoms with Gasteiger partial charge in [-0.15, -0.1) is 0 Å². The summed E-state index contributed by atoms with van der Waals surface area (Å²) in [5.41, 5.74) is 1.37. The molecule has 4 rings (SSSR count). The molecule has 3 aromatic rings. The molecule has 0 atom stereocenters. The van der Waals surface area contributed by atoms with Gasteiger partial charge in [-0.3, -0.25) is 0 Å².